The first-order chi connectivity index (χ1) is 9.97. The molecule has 21 heavy (non-hydrogen) atoms. The zero-order chi connectivity index (χ0) is 15.4. The van der Waals surface area contributed by atoms with E-state index >= 15 is 0 Å². The summed E-state index contributed by atoms with van der Waals surface area (Å²) in [7, 11) is 0. The standard InChI is InChI=1S/C17H17FN2O/c1-11-7-8-16(12(2)9-11)13(3)19-20-17(21)14-5-4-6-15(18)10-14/h4-10H,1-3H3,(H,20,21)/b19-13-. The average Bonchev–Trinajstić information content (AvgIpc) is 2.44. The van der Waals surface area contributed by atoms with Gasteiger partial charge in [-0.15, -0.1) is 0 Å². The van der Waals surface area contributed by atoms with Crippen molar-refractivity contribution in [2.45, 2.75) is 20.8 Å². The molecule has 108 valence electrons. The van der Waals surface area contributed by atoms with Crippen LogP contribution in [0.25, 0.3) is 0 Å². The molecule has 0 aliphatic heterocycles. The lowest BCUT2D eigenvalue weighted by atomic mass is 10.0. The second kappa shape index (κ2) is 6.31. The maximum atomic E-state index is 13.1. The minimum atomic E-state index is -0.447. The molecule has 1 amide bonds. The van der Waals surface area contributed by atoms with Crippen LogP contribution >= 0.6 is 0 Å². The molecule has 0 bridgehead atoms. The molecule has 3 nitrogen and oxygen atoms in total. The van der Waals surface area contributed by atoms with Gasteiger partial charge >= 0.3 is 0 Å². The number of benzene rings is 2. The predicted octanol–water partition coefficient (Wildman–Crippen LogP) is 3.60. The highest BCUT2D eigenvalue weighted by Gasteiger charge is 2.07. The quantitative estimate of drug-likeness (QED) is 0.679. The van der Waals surface area contributed by atoms with Crippen molar-refractivity contribution >= 4 is 11.6 Å². The van der Waals surface area contributed by atoms with Crippen molar-refractivity contribution in [2.24, 2.45) is 5.10 Å². The van der Waals surface area contributed by atoms with E-state index in [1.54, 1.807) is 6.07 Å². The summed E-state index contributed by atoms with van der Waals surface area (Å²) in [6, 6.07) is 11.5. The molecule has 0 saturated heterocycles. The summed E-state index contributed by atoms with van der Waals surface area (Å²) >= 11 is 0. The van der Waals surface area contributed by atoms with Crippen LogP contribution in [0.15, 0.2) is 47.6 Å². The summed E-state index contributed by atoms with van der Waals surface area (Å²) in [5.41, 5.74) is 6.64. The lowest BCUT2D eigenvalue weighted by Gasteiger charge is -2.07. The third kappa shape index (κ3) is 3.75. The number of rotatable bonds is 3. The number of nitrogens with one attached hydrogen (secondary N) is 1. The van der Waals surface area contributed by atoms with Gasteiger partial charge in [-0.25, -0.2) is 9.82 Å². The second-order valence-electron chi connectivity index (χ2n) is 4.97. The number of hydrogen-bond acceptors (Lipinski definition) is 2. The van der Waals surface area contributed by atoms with Crippen molar-refractivity contribution in [3.63, 3.8) is 0 Å². The summed E-state index contributed by atoms with van der Waals surface area (Å²) < 4.78 is 13.1. The Kier molecular flexibility index (Phi) is 4.48. The Morgan fingerprint density at radius 2 is 1.90 bits per heavy atom. The van der Waals surface area contributed by atoms with Crippen LogP contribution in [0.2, 0.25) is 0 Å². The molecular weight excluding hydrogens is 267 g/mol. The minimum Gasteiger partial charge on any atom is -0.267 e. The van der Waals surface area contributed by atoms with Crippen LogP contribution in [0.5, 0.6) is 0 Å². The van der Waals surface area contributed by atoms with E-state index in [1.807, 2.05) is 32.9 Å². The summed E-state index contributed by atoms with van der Waals surface area (Å²) in [6.45, 7) is 5.84. The Morgan fingerprint density at radius 1 is 1.14 bits per heavy atom. The van der Waals surface area contributed by atoms with Crippen molar-refractivity contribution in [3.05, 3.63) is 70.5 Å². The Labute approximate surface area is 123 Å². The fourth-order valence-corrected chi connectivity index (χ4v) is 2.11. The zero-order valence-electron chi connectivity index (χ0n) is 12.3. The van der Waals surface area contributed by atoms with E-state index in [0.717, 1.165) is 11.1 Å². The molecule has 0 aromatic heterocycles. The first-order valence-electron chi connectivity index (χ1n) is 6.65. The van der Waals surface area contributed by atoms with Crippen LogP contribution in [0.4, 0.5) is 4.39 Å². The zero-order valence-corrected chi connectivity index (χ0v) is 12.3. The molecule has 0 atom stereocenters. The molecule has 1 N–H and O–H groups in total. The monoisotopic (exact) mass is 284 g/mol. The van der Waals surface area contributed by atoms with E-state index < -0.39 is 11.7 Å². The molecule has 0 aliphatic rings. The normalized spacial score (nSPS) is 11.3. The van der Waals surface area contributed by atoms with E-state index in [-0.39, 0.29) is 5.56 Å². The molecule has 0 unspecified atom stereocenters. The van der Waals surface area contributed by atoms with Gasteiger partial charge in [0.05, 0.1) is 5.71 Å². The van der Waals surface area contributed by atoms with Gasteiger partial charge in [0.15, 0.2) is 0 Å². The SMILES string of the molecule is C/C(=N/NC(=O)c1cccc(F)c1)c1ccc(C)cc1C. The highest BCUT2D eigenvalue weighted by molar-refractivity contribution is 6.01. The number of amides is 1. The minimum absolute atomic E-state index is 0.243. The Bertz CT molecular complexity index is 708. The lowest BCUT2D eigenvalue weighted by Crippen LogP contribution is -2.19. The Morgan fingerprint density at radius 3 is 2.57 bits per heavy atom. The van der Waals surface area contributed by atoms with Crippen LogP contribution in [0, 0.1) is 19.7 Å². The maximum Gasteiger partial charge on any atom is 0.271 e. The number of carbonyl (C=O) groups excluding carboxylic acids is 1. The summed E-state index contributed by atoms with van der Waals surface area (Å²) in [5.74, 6) is -0.878. The van der Waals surface area contributed by atoms with E-state index in [0.29, 0.717) is 5.71 Å². The Balaban J connectivity index is 2.15. The Hall–Kier alpha value is -2.49. The fourth-order valence-electron chi connectivity index (χ4n) is 2.11. The predicted molar refractivity (Wildman–Crippen MR) is 82.0 cm³/mol. The topological polar surface area (TPSA) is 41.5 Å². The van der Waals surface area contributed by atoms with Crippen molar-refractivity contribution in [1.29, 1.82) is 0 Å². The summed E-state index contributed by atoms with van der Waals surface area (Å²) in [4.78, 5) is 11.9. The molecule has 4 heteroatoms. The van der Waals surface area contributed by atoms with Gasteiger partial charge in [-0.2, -0.15) is 5.10 Å². The van der Waals surface area contributed by atoms with E-state index in [9.17, 15) is 9.18 Å². The van der Waals surface area contributed by atoms with Gasteiger partial charge in [0, 0.05) is 11.1 Å². The summed E-state index contributed by atoms with van der Waals surface area (Å²) in [5, 5.41) is 4.09. The lowest BCUT2D eigenvalue weighted by molar-refractivity contribution is 0.0954. The number of carbonyl (C=O) groups is 1. The van der Waals surface area contributed by atoms with E-state index in [2.05, 4.69) is 16.6 Å². The average molecular weight is 284 g/mol. The molecule has 0 heterocycles. The van der Waals surface area contributed by atoms with E-state index in [4.69, 9.17) is 0 Å². The molecule has 0 spiro atoms. The third-order valence-electron chi connectivity index (χ3n) is 3.18. The molecular formula is C17H17FN2O. The largest absolute Gasteiger partial charge is 0.271 e. The molecule has 2 aromatic carbocycles. The fraction of sp³-hybridized carbons (Fsp3) is 0.176. The van der Waals surface area contributed by atoms with Crippen LogP contribution in [0.3, 0.4) is 0 Å². The van der Waals surface area contributed by atoms with E-state index in [1.165, 1.54) is 23.8 Å². The van der Waals surface area contributed by atoms with Crippen molar-refractivity contribution in [3.8, 4) is 0 Å². The molecule has 0 saturated carbocycles. The van der Waals surface area contributed by atoms with Gasteiger partial charge in [-0.1, -0.05) is 29.8 Å². The van der Waals surface area contributed by atoms with Crippen molar-refractivity contribution in [1.82, 2.24) is 5.43 Å². The molecule has 0 fully saturated rings. The molecule has 0 aliphatic carbocycles. The highest BCUT2D eigenvalue weighted by atomic mass is 19.1. The van der Waals surface area contributed by atoms with Crippen LogP contribution in [-0.4, -0.2) is 11.6 Å². The smallest absolute Gasteiger partial charge is 0.267 e. The van der Waals surface area contributed by atoms with Crippen molar-refractivity contribution < 1.29 is 9.18 Å². The van der Waals surface area contributed by atoms with Crippen molar-refractivity contribution in [2.75, 3.05) is 0 Å². The third-order valence-corrected chi connectivity index (χ3v) is 3.18. The number of hydrogen-bond donors (Lipinski definition) is 1. The van der Waals surface area contributed by atoms with Gasteiger partial charge in [-0.3, -0.25) is 4.79 Å². The van der Waals surface area contributed by atoms with Gasteiger partial charge in [0.1, 0.15) is 5.82 Å². The van der Waals surface area contributed by atoms with Crippen LogP contribution in [0.1, 0.15) is 34.0 Å². The molecule has 2 rings (SSSR count). The van der Waals surface area contributed by atoms with Gasteiger partial charge in [0.2, 0.25) is 0 Å². The number of hydrazone groups is 1. The molecule has 0 radical (unpaired) electrons. The van der Waals surface area contributed by atoms with Gasteiger partial charge in [0.25, 0.3) is 5.91 Å². The number of nitrogens with zero attached hydrogens (tertiary/aromatic N) is 1. The number of aryl methyl sites for hydroxylation is 2. The van der Waals surface area contributed by atoms with Crippen LogP contribution in [-0.2, 0) is 0 Å². The van der Waals surface area contributed by atoms with Gasteiger partial charge in [-0.05, 0) is 44.5 Å². The highest BCUT2D eigenvalue weighted by Crippen LogP contribution is 2.11. The van der Waals surface area contributed by atoms with Gasteiger partial charge < -0.3 is 0 Å². The molecule has 2 aromatic rings. The van der Waals surface area contributed by atoms with Crippen LogP contribution < -0.4 is 5.43 Å². The number of halogens is 1. The first kappa shape index (κ1) is 14.9. The first-order valence-corrected chi connectivity index (χ1v) is 6.65. The second-order valence-corrected chi connectivity index (χ2v) is 4.97. The maximum absolute atomic E-state index is 13.1. The summed E-state index contributed by atoms with van der Waals surface area (Å²) in [6.07, 6.45) is 0.